The van der Waals surface area contributed by atoms with Gasteiger partial charge in [0.1, 0.15) is 0 Å². The van der Waals surface area contributed by atoms with E-state index in [0.29, 0.717) is 5.41 Å². The van der Waals surface area contributed by atoms with E-state index in [1.807, 2.05) is 6.07 Å². The Balaban J connectivity index is 1.94. The Morgan fingerprint density at radius 2 is 2.62 bits per heavy atom. The second-order valence-corrected chi connectivity index (χ2v) is 4.19. The zero-order valence-corrected chi connectivity index (χ0v) is 7.59. The van der Waals surface area contributed by atoms with Gasteiger partial charge in [0.2, 0.25) is 0 Å². The number of nitrogens with zero attached hydrogens (tertiary/aromatic N) is 1. The van der Waals surface area contributed by atoms with Crippen molar-refractivity contribution in [3.05, 3.63) is 30.1 Å². The summed E-state index contributed by atoms with van der Waals surface area (Å²) in [7, 11) is 0. The normalized spacial score (nSPS) is 36.8. The van der Waals surface area contributed by atoms with Crippen molar-refractivity contribution >= 4 is 0 Å². The number of aromatic nitrogens is 1. The highest BCUT2D eigenvalue weighted by atomic mass is 14.9. The molecule has 1 aromatic rings. The van der Waals surface area contributed by atoms with Crippen LogP contribution in [0.25, 0.3) is 0 Å². The molecule has 67 valence electrons. The summed E-state index contributed by atoms with van der Waals surface area (Å²) in [5.74, 6) is 0.897. The molecule has 1 saturated carbocycles. The molecule has 2 unspecified atom stereocenters. The number of hydrogen-bond acceptors (Lipinski definition) is 2. The Labute approximate surface area is 78.4 Å². The highest BCUT2D eigenvalue weighted by Gasteiger charge is 2.56. The van der Waals surface area contributed by atoms with Crippen molar-refractivity contribution in [2.24, 2.45) is 5.92 Å². The van der Waals surface area contributed by atoms with Crippen LogP contribution in [0.3, 0.4) is 0 Å². The molecule has 1 radical (unpaired) electrons. The van der Waals surface area contributed by atoms with Crippen LogP contribution >= 0.6 is 0 Å². The first-order valence-electron chi connectivity index (χ1n) is 4.96. The largest absolute Gasteiger partial charge is 0.316 e. The number of rotatable bonds is 1. The summed E-state index contributed by atoms with van der Waals surface area (Å²) in [6.45, 7) is 2.31. The molecular weight excluding hydrogens is 160 g/mol. The fraction of sp³-hybridized carbons (Fsp3) is 0.545. The van der Waals surface area contributed by atoms with Crippen LogP contribution in [0.5, 0.6) is 0 Å². The SMILES string of the molecule is [c]1ncccc1C12CNCCC1C2. The molecule has 2 fully saturated rings. The van der Waals surface area contributed by atoms with Gasteiger partial charge in [-0.1, -0.05) is 6.07 Å². The number of pyridine rings is 1. The minimum Gasteiger partial charge on any atom is -0.316 e. The molecule has 13 heavy (non-hydrogen) atoms. The van der Waals surface area contributed by atoms with Gasteiger partial charge >= 0.3 is 0 Å². The summed E-state index contributed by atoms with van der Waals surface area (Å²) in [6, 6.07) is 4.19. The van der Waals surface area contributed by atoms with E-state index in [1.165, 1.54) is 24.9 Å². The Morgan fingerprint density at radius 1 is 1.62 bits per heavy atom. The number of nitrogens with one attached hydrogen (secondary N) is 1. The third kappa shape index (κ3) is 1.02. The van der Waals surface area contributed by atoms with Crippen LogP contribution in [0.15, 0.2) is 18.3 Å². The maximum absolute atomic E-state index is 4.08. The zero-order chi connectivity index (χ0) is 8.73. The van der Waals surface area contributed by atoms with Gasteiger partial charge in [0.15, 0.2) is 0 Å². The predicted molar refractivity (Wildman–Crippen MR) is 50.3 cm³/mol. The molecule has 3 rings (SSSR count). The van der Waals surface area contributed by atoms with Crippen LogP contribution in [0, 0.1) is 12.1 Å². The lowest BCUT2D eigenvalue weighted by molar-refractivity contribution is 0.446. The van der Waals surface area contributed by atoms with Gasteiger partial charge in [0.05, 0.1) is 6.20 Å². The summed E-state index contributed by atoms with van der Waals surface area (Å²) >= 11 is 0. The lowest BCUT2D eigenvalue weighted by Gasteiger charge is -2.22. The molecule has 2 nitrogen and oxygen atoms in total. The molecule has 2 atom stereocenters. The molecular formula is C11H13N2. The molecule has 0 aromatic carbocycles. The van der Waals surface area contributed by atoms with Gasteiger partial charge in [-0.15, -0.1) is 0 Å². The van der Waals surface area contributed by atoms with Crippen molar-refractivity contribution < 1.29 is 0 Å². The quantitative estimate of drug-likeness (QED) is 0.688. The van der Waals surface area contributed by atoms with Crippen LogP contribution in [0.1, 0.15) is 18.4 Å². The summed E-state index contributed by atoms with van der Waals surface area (Å²) in [5.41, 5.74) is 1.72. The zero-order valence-electron chi connectivity index (χ0n) is 7.59. The molecule has 2 heteroatoms. The predicted octanol–water partition coefficient (Wildman–Crippen LogP) is 1.13. The lowest BCUT2D eigenvalue weighted by Crippen LogP contribution is -2.34. The second-order valence-electron chi connectivity index (χ2n) is 4.19. The first-order valence-corrected chi connectivity index (χ1v) is 4.96. The maximum Gasteiger partial charge on any atom is 0.0927 e. The van der Waals surface area contributed by atoms with Crippen molar-refractivity contribution in [2.45, 2.75) is 18.3 Å². The smallest absolute Gasteiger partial charge is 0.0927 e. The van der Waals surface area contributed by atoms with Crippen LogP contribution in [-0.2, 0) is 5.41 Å². The highest BCUT2D eigenvalue weighted by Crippen LogP contribution is 2.56. The molecule has 1 aromatic heterocycles. The third-order valence-corrected chi connectivity index (χ3v) is 3.49. The van der Waals surface area contributed by atoms with Gasteiger partial charge in [-0.25, -0.2) is 0 Å². The maximum atomic E-state index is 4.08. The topological polar surface area (TPSA) is 24.9 Å². The minimum absolute atomic E-state index is 0.409. The average Bonchev–Trinajstić information content (AvgIpc) is 2.94. The minimum atomic E-state index is 0.409. The number of piperidine rings is 1. The first-order chi connectivity index (χ1) is 6.42. The van der Waals surface area contributed by atoms with Gasteiger partial charge in [-0.2, -0.15) is 0 Å². The molecule has 0 spiro atoms. The fourth-order valence-electron chi connectivity index (χ4n) is 2.59. The monoisotopic (exact) mass is 173 g/mol. The third-order valence-electron chi connectivity index (χ3n) is 3.49. The van der Waals surface area contributed by atoms with Crippen molar-refractivity contribution in [1.82, 2.24) is 10.3 Å². The first kappa shape index (κ1) is 7.51. The highest BCUT2D eigenvalue weighted by molar-refractivity contribution is 5.32. The Morgan fingerprint density at radius 3 is 3.38 bits per heavy atom. The van der Waals surface area contributed by atoms with Crippen LogP contribution in [0.2, 0.25) is 0 Å². The Bertz CT molecular complexity index is 309. The van der Waals surface area contributed by atoms with E-state index in [-0.39, 0.29) is 0 Å². The van der Waals surface area contributed by atoms with Crippen LogP contribution in [-0.4, -0.2) is 18.1 Å². The summed E-state index contributed by atoms with van der Waals surface area (Å²) < 4.78 is 0. The molecule has 1 saturated heterocycles. The molecule has 1 aliphatic carbocycles. The fourth-order valence-corrected chi connectivity index (χ4v) is 2.59. The van der Waals surface area contributed by atoms with Crippen molar-refractivity contribution in [3.8, 4) is 0 Å². The second kappa shape index (κ2) is 2.55. The standard InChI is InChI=1S/C11H13N2/c1-2-10(7-12-4-1)11-6-9(11)3-5-13-8-11/h1-2,4,9,13H,3,5-6,8H2. The van der Waals surface area contributed by atoms with E-state index in [0.717, 1.165) is 12.5 Å². The van der Waals surface area contributed by atoms with Gasteiger partial charge in [0.25, 0.3) is 0 Å². The van der Waals surface area contributed by atoms with E-state index in [4.69, 9.17) is 0 Å². The summed E-state index contributed by atoms with van der Waals surface area (Å²) in [5, 5.41) is 3.47. The van der Waals surface area contributed by atoms with Gasteiger partial charge in [-0.3, -0.25) is 4.98 Å². The van der Waals surface area contributed by atoms with Crippen LogP contribution < -0.4 is 5.32 Å². The number of hydrogen-bond donors (Lipinski definition) is 1. The lowest BCUT2D eigenvalue weighted by atomic mass is 9.91. The molecule has 1 aliphatic heterocycles. The molecule has 2 heterocycles. The van der Waals surface area contributed by atoms with Crippen molar-refractivity contribution in [2.75, 3.05) is 13.1 Å². The Kier molecular flexibility index (Phi) is 1.47. The molecule has 1 N–H and O–H groups in total. The average molecular weight is 173 g/mol. The summed E-state index contributed by atoms with van der Waals surface area (Å²) in [4.78, 5) is 4.08. The van der Waals surface area contributed by atoms with E-state index in [1.54, 1.807) is 6.20 Å². The molecule has 0 amide bonds. The summed E-state index contributed by atoms with van der Waals surface area (Å²) in [6.07, 6.45) is 7.59. The Hall–Kier alpha value is -0.890. The van der Waals surface area contributed by atoms with E-state index in [2.05, 4.69) is 22.6 Å². The van der Waals surface area contributed by atoms with Crippen molar-refractivity contribution in [3.63, 3.8) is 0 Å². The van der Waals surface area contributed by atoms with E-state index >= 15 is 0 Å². The van der Waals surface area contributed by atoms with Crippen molar-refractivity contribution in [1.29, 1.82) is 0 Å². The van der Waals surface area contributed by atoms with E-state index < -0.39 is 0 Å². The van der Waals surface area contributed by atoms with Crippen LogP contribution in [0.4, 0.5) is 0 Å². The molecule has 0 bridgehead atoms. The van der Waals surface area contributed by atoms with Gasteiger partial charge in [0, 0.05) is 18.2 Å². The number of fused-ring (bicyclic) bond motifs is 1. The van der Waals surface area contributed by atoms with Gasteiger partial charge in [-0.05, 0) is 36.9 Å². The molecule has 2 aliphatic rings. The van der Waals surface area contributed by atoms with E-state index in [9.17, 15) is 0 Å². The van der Waals surface area contributed by atoms with Gasteiger partial charge < -0.3 is 5.32 Å².